The maximum atomic E-state index is 13.5. The molecule has 0 atom stereocenters. The number of amides is 1. The van der Waals surface area contributed by atoms with E-state index in [4.69, 9.17) is 22.1 Å². The Labute approximate surface area is 241 Å². The lowest BCUT2D eigenvalue weighted by molar-refractivity contribution is -0.122. The number of anilines is 1. The van der Waals surface area contributed by atoms with Gasteiger partial charge in [0.05, 0.1) is 30.3 Å². The number of hydrogen-bond acceptors (Lipinski definition) is 8. The molecular weight excluding hydrogens is 532 g/mol. The van der Waals surface area contributed by atoms with E-state index in [1.165, 1.54) is 67.5 Å². The van der Waals surface area contributed by atoms with Gasteiger partial charge >= 0.3 is 0 Å². The van der Waals surface area contributed by atoms with Gasteiger partial charge in [0.25, 0.3) is 11.5 Å². The van der Waals surface area contributed by atoms with Crippen LogP contribution in [-0.2, 0) is 9.53 Å². The van der Waals surface area contributed by atoms with Crippen LogP contribution in [0.2, 0.25) is 0 Å². The molecule has 1 fully saturated rings. The lowest BCUT2D eigenvalue weighted by atomic mass is 10.1. The Kier molecular flexibility index (Phi) is 13.4. The second kappa shape index (κ2) is 16.7. The van der Waals surface area contributed by atoms with E-state index in [1.807, 2.05) is 13.0 Å². The first-order valence-electron chi connectivity index (χ1n) is 14.2. The third-order valence-electron chi connectivity index (χ3n) is 6.66. The third kappa shape index (κ3) is 9.41. The van der Waals surface area contributed by atoms with E-state index in [0.717, 1.165) is 18.4 Å². The normalized spacial score (nSPS) is 14.7. The summed E-state index contributed by atoms with van der Waals surface area (Å²) in [5, 5.41) is 12.1. The molecule has 3 rings (SSSR count). The average Bonchev–Trinajstić information content (AvgIpc) is 3.19. The highest BCUT2D eigenvalue weighted by atomic mass is 32.2. The van der Waals surface area contributed by atoms with Crippen molar-refractivity contribution in [3.05, 3.63) is 44.7 Å². The fraction of sp³-hybridized carbons (Fsp3) is 0.586. The molecule has 0 saturated carbocycles. The number of hydrogen-bond donors (Lipinski definition) is 2. The van der Waals surface area contributed by atoms with Crippen molar-refractivity contribution >= 4 is 51.7 Å². The molecule has 10 heteroatoms. The summed E-state index contributed by atoms with van der Waals surface area (Å²) in [5.41, 5.74) is 1.48. The van der Waals surface area contributed by atoms with Crippen LogP contribution in [0.25, 0.3) is 11.7 Å². The van der Waals surface area contributed by atoms with Gasteiger partial charge in [-0.3, -0.25) is 18.9 Å². The molecule has 2 aromatic heterocycles. The molecule has 39 heavy (non-hydrogen) atoms. The first-order chi connectivity index (χ1) is 19.0. The molecule has 1 amide bonds. The first-order valence-corrected chi connectivity index (χ1v) is 15.4. The van der Waals surface area contributed by atoms with Gasteiger partial charge in [0.15, 0.2) is 0 Å². The van der Waals surface area contributed by atoms with Crippen LogP contribution in [0.3, 0.4) is 0 Å². The van der Waals surface area contributed by atoms with E-state index < -0.39 is 0 Å². The number of nitrogens with one attached hydrogen (secondary N) is 1. The van der Waals surface area contributed by atoms with Crippen LogP contribution in [0.4, 0.5) is 5.82 Å². The van der Waals surface area contributed by atoms with E-state index in [0.29, 0.717) is 46.0 Å². The number of thiocarbonyl (C=S) groups is 1. The van der Waals surface area contributed by atoms with Crippen LogP contribution in [0.5, 0.6) is 0 Å². The molecule has 0 unspecified atom stereocenters. The summed E-state index contributed by atoms with van der Waals surface area (Å²) >= 11 is 6.76. The third-order valence-corrected chi connectivity index (χ3v) is 8.04. The Bertz CT molecular complexity index is 1200. The van der Waals surface area contributed by atoms with Gasteiger partial charge in [0.1, 0.15) is 15.8 Å². The van der Waals surface area contributed by atoms with Crippen LogP contribution in [0.15, 0.2) is 28.0 Å². The van der Waals surface area contributed by atoms with E-state index in [1.54, 1.807) is 23.2 Å². The summed E-state index contributed by atoms with van der Waals surface area (Å²) in [6.07, 6.45) is 15.6. The van der Waals surface area contributed by atoms with Gasteiger partial charge in [0, 0.05) is 19.3 Å². The Morgan fingerprint density at radius 2 is 1.74 bits per heavy atom. The number of aryl methyl sites for hydroxylation is 1. The van der Waals surface area contributed by atoms with Crippen molar-refractivity contribution in [1.29, 1.82) is 0 Å². The van der Waals surface area contributed by atoms with Crippen molar-refractivity contribution in [1.82, 2.24) is 14.3 Å². The number of carbonyl (C=O) groups excluding carboxylic acids is 1. The molecule has 214 valence electrons. The number of aliphatic hydroxyl groups excluding tert-OH is 1. The number of rotatable bonds is 18. The molecule has 2 N–H and O–H groups in total. The van der Waals surface area contributed by atoms with Gasteiger partial charge in [-0.1, -0.05) is 94.8 Å². The summed E-state index contributed by atoms with van der Waals surface area (Å²) < 4.78 is 7.35. The minimum Gasteiger partial charge on any atom is -0.394 e. The zero-order valence-electron chi connectivity index (χ0n) is 23.2. The standard InChI is InChI=1S/C29H42N4O4S2/c1-3-4-5-6-7-8-9-10-11-12-16-32-28(36)24(39-29(32)38)20-23-26(30-15-18-37-19-17-34)31-25-14-13-22(2)21-33(25)27(23)35/h13-14,20-21,30,34H,3-12,15-19H2,1-2H3/b24-20+. The van der Waals surface area contributed by atoms with Crippen molar-refractivity contribution in [3.63, 3.8) is 0 Å². The Morgan fingerprint density at radius 3 is 2.44 bits per heavy atom. The predicted molar refractivity (Wildman–Crippen MR) is 164 cm³/mol. The highest BCUT2D eigenvalue weighted by Crippen LogP contribution is 2.33. The molecule has 1 aliphatic heterocycles. The monoisotopic (exact) mass is 574 g/mol. The number of nitrogens with zero attached hydrogens (tertiary/aromatic N) is 3. The van der Waals surface area contributed by atoms with Gasteiger partial charge in [-0.05, 0) is 31.1 Å². The zero-order valence-corrected chi connectivity index (χ0v) is 24.9. The van der Waals surface area contributed by atoms with Crippen LogP contribution >= 0.6 is 24.0 Å². The summed E-state index contributed by atoms with van der Waals surface area (Å²) in [6.45, 7) is 5.67. The molecule has 0 aromatic carbocycles. The highest BCUT2D eigenvalue weighted by molar-refractivity contribution is 8.26. The van der Waals surface area contributed by atoms with Crippen molar-refractivity contribution in [2.24, 2.45) is 0 Å². The van der Waals surface area contributed by atoms with Crippen LogP contribution in [0.1, 0.15) is 82.3 Å². The van der Waals surface area contributed by atoms with Crippen molar-refractivity contribution < 1.29 is 14.6 Å². The Balaban J connectivity index is 1.65. The van der Waals surface area contributed by atoms with Crippen LogP contribution < -0.4 is 10.9 Å². The molecule has 0 aliphatic carbocycles. The molecule has 1 aliphatic rings. The fourth-order valence-electron chi connectivity index (χ4n) is 4.51. The van der Waals surface area contributed by atoms with Crippen molar-refractivity contribution in [2.45, 2.75) is 78.1 Å². The topological polar surface area (TPSA) is 96.2 Å². The minimum absolute atomic E-state index is 0.0544. The number of aromatic nitrogens is 2. The number of fused-ring (bicyclic) bond motifs is 1. The minimum atomic E-state index is -0.262. The Hall–Kier alpha value is -2.27. The maximum Gasteiger partial charge on any atom is 0.267 e. The number of pyridine rings is 1. The average molecular weight is 575 g/mol. The molecule has 0 spiro atoms. The SMILES string of the molecule is CCCCCCCCCCCCN1C(=O)/C(=C\c2c(NCCOCCO)nc3ccc(C)cn3c2=O)SC1=S. The zero-order chi connectivity index (χ0) is 28.0. The second-order valence-corrected chi connectivity index (χ2v) is 11.6. The molecule has 2 aromatic rings. The smallest absolute Gasteiger partial charge is 0.267 e. The second-order valence-electron chi connectivity index (χ2n) is 9.89. The van der Waals surface area contributed by atoms with E-state index in [2.05, 4.69) is 17.2 Å². The van der Waals surface area contributed by atoms with Gasteiger partial charge in [0.2, 0.25) is 0 Å². The van der Waals surface area contributed by atoms with E-state index in [-0.39, 0.29) is 24.7 Å². The predicted octanol–water partition coefficient (Wildman–Crippen LogP) is 5.55. The molecule has 0 radical (unpaired) electrons. The van der Waals surface area contributed by atoms with Crippen LogP contribution in [-0.4, -0.2) is 62.5 Å². The lowest BCUT2D eigenvalue weighted by Crippen LogP contribution is -2.29. The van der Waals surface area contributed by atoms with Gasteiger partial charge < -0.3 is 15.2 Å². The Morgan fingerprint density at radius 1 is 1.05 bits per heavy atom. The molecular formula is C29H42N4O4S2. The summed E-state index contributed by atoms with van der Waals surface area (Å²) in [6, 6.07) is 3.69. The number of unbranched alkanes of at least 4 members (excludes halogenated alkanes) is 9. The fourth-order valence-corrected chi connectivity index (χ4v) is 5.80. The number of carbonyl (C=O) groups is 1. The summed E-state index contributed by atoms with van der Waals surface area (Å²) in [7, 11) is 0. The quantitative estimate of drug-likeness (QED) is 0.136. The number of thioether (sulfide) groups is 1. The molecule has 3 heterocycles. The van der Waals surface area contributed by atoms with Gasteiger partial charge in [-0.15, -0.1) is 0 Å². The maximum absolute atomic E-state index is 13.5. The van der Waals surface area contributed by atoms with Crippen molar-refractivity contribution in [3.8, 4) is 0 Å². The largest absolute Gasteiger partial charge is 0.394 e. The molecule has 0 bridgehead atoms. The van der Waals surface area contributed by atoms with Gasteiger partial charge in [-0.25, -0.2) is 4.98 Å². The van der Waals surface area contributed by atoms with E-state index >= 15 is 0 Å². The summed E-state index contributed by atoms with van der Waals surface area (Å²) in [4.78, 5) is 33.4. The van der Waals surface area contributed by atoms with Crippen molar-refractivity contribution in [2.75, 3.05) is 38.2 Å². The first kappa shape index (κ1) is 31.3. The molecule has 1 saturated heterocycles. The van der Waals surface area contributed by atoms with Gasteiger partial charge in [-0.2, -0.15) is 0 Å². The number of ether oxygens (including phenoxy) is 1. The van der Waals surface area contributed by atoms with Crippen LogP contribution in [0, 0.1) is 6.92 Å². The molecule has 8 nitrogen and oxygen atoms in total. The summed E-state index contributed by atoms with van der Waals surface area (Å²) in [5.74, 6) is 0.225. The van der Waals surface area contributed by atoms with E-state index in [9.17, 15) is 9.59 Å². The number of aliphatic hydroxyl groups is 1. The lowest BCUT2D eigenvalue weighted by Gasteiger charge is -2.14. The highest BCUT2D eigenvalue weighted by Gasteiger charge is 2.32.